The summed E-state index contributed by atoms with van der Waals surface area (Å²) in [7, 11) is 0. The van der Waals surface area contributed by atoms with Crippen molar-refractivity contribution in [2.24, 2.45) is 0 Å². The zero-order valence-electron chi connectivity index (χ0n) is 12.4. The summed E-state index contributed by atoms with van der Waals surface area (Å²) in [6.07, 6.45) is 2.43. The van der Waals surface area contributed by atoms with Crippen LogP contribution in [0.4, 0.5) is 13.2 Å². The highest BCUT2D eigenvalue weighted by Gasteiger charge is 2.29. The van der Waals surface area contributed by atoms with E-state index in [1.54, 1.807) is 0 Å². The van der Waals surface area contributed by atoms with Crippen molar-refractivity contribution in [3.05, 3.63) is 0 Å². The third-order valence-corrected chi connectivity index (χ3v) is 2.98. The van der Waals surface area contributed by atoms with E-state index < -0.39 is 12.7 Å². The van der Waals surface area contributed by atoms with Crippen molar-refractivity contribution in [2.45, 2.75) is 58.5 Å². The van der Waals surface area contributed by atoms with Gasteiger partial charge in [0.25, 0.3) is 0 Å². The molecule has 5 heteroatoms. The molecule has 2 nitrogen and oxygen atoms in total. The van der Waals surface area contributed by atoms with Crippen molar-refractivity contribution in [3.63, 3.8) is 0 Å². The van der Waals surface area contributed by atoms with Gasteiger partial charge in [-0.1, -0.05) is 26.7 Å². The molecule has 19 heavy (non-hydrogen) atoms. The minimum Gasteiger partial charge on any atom is -0.317 e. The quantitative estimate of drug-likeness (QED) is 0.714. The van der Waals surface area contributed by atoms with Gasteiger partial charge in [-0.05, 0) is 51.9 Å². The predicted molar refractivity (Wildman–Crippen MR) is 74.4 cm³/mol. The van der Waals surface area contributed by atoms with Crippen LogP contribution in [0, 0.1) is 0 Å². The first-order chi connectivity index (χ1) is 8.99. The number of nitrogens with one attached hydrogen (secondary N) is 1. The Morgan fingerprint density at radius 1 is 0.947 bits per heavy atom. The van der Waals surface area contributed by atoms with Crippen LogP contribution in [0.5, 0.6) is 0 Å². The van der Waals surface area contributed by atoms with Gasteiger partial charge in [-0.2, -0.15) is 13.2 Å². The van der Waals surface area contributed by atoms with Gasteiger partial charge in [-0.3, -0.25) is 4.90 Å². The van der Waals surface area contributed by atoms with E-state index in [1.807, 2.05) is 13.8 Å². The Labute approximate surface area is 115 Å². The molecule has 1 saturated heterocycles. The number of rotatable bonds is 7. The maximum Gasteiger partial charge on any atom is 0.401 e. The summed E-state index contributed by atoms with van der Waals surface area (Å²) >= 11 is 0. The summed E-state index contributed by atoms with van der Waals surface area (Å²) in [5.41, 5.74) is 0. The van der Waals surface area contributed by atoms with Crippen LogP contribution in [0.3, 0.4) is 0 Å². The van der Waals surface area contributed by atoms with E-state index in [2.05, 4.69) is 5.32 Å². The molecule has 0 unspecified atom stereocenters. The Balaban J connectivity index is 0.000000532. The standard InChI is InChI=1S/C10H20F3N.C4H9N/c1-3-5-6-8-14(7-4-2)9-10(11,12)13;1-2-4-5-3-1/h3-9H2,1-2H3;5H,1-4H2. The summed E-state index contributed by atoms with van der Waals surface area (Å²) in [5, 5.41) is 3.22. The number of unbranched alkanes of at least 4 members (excludes halogenated alkanes) is 2. The van der Waals surface area contributed by atoms with Crippen LogP contribution in [-0.4, -0.2) is 43.8 Å². The maximum absolute atomic E-state index is 12.1. The van der Waals surface area contributed by atoms with Gasteiger partial charge >= 0.3 is 6.18 Å². The smallest absolute Gasteiger partial charge is 0.317 e. The monoisotopic (exact) mass is 282 g/mol. The van der Waals surface area contributed by atoms with E-state index in [4.69, 9.17) is 0 Å². The zero-order chi connectivity index (χ0) is 14.6. The Kier molecular flexibility index (Phi) is 11.4. The first-order valence-corrected chi connectivity index (χ1v) is 7.49. The number of hydrogen-bond donors (Lipinski definition) is 1. The van der Waals surface area contributed by atoms with Gasteiger partial charge in [0.05, 0.1) is 6.54 Å². The Morgan fingerprint density at radius 2 is 1.58 bits per heavy atom. The first kappa shape index (κ1) is 18.7. The van der Waals surface area contributed by atoms with Gasteiger partial charge in [0.15, 0.2) is 0 Å². The molecule has 0 spiro atoms. The van der Waals surface area contributed by atoms with Gasteiger partial charge in [0, 0.05) is 0 Å². The summed E-state index contributed by atoms with van der Waals surface area (Å²) in [4.78, 5) is 1.50. The molecule has 0 aromatic heterocycles. The van der Waals surface area contributed by atoms with Gasteiger partial charge < -0.3 is 5.32 Å². The molecule has 0 aromatic carbocycles. The van der Waals surface area contributed by atoms with E-state index in [0.717, 1.165) is 25.7 Å². The average Bonchev–Trinajstić information content (AvgIpc) is 2.86. The molecule has 1 N–H and O–H groups in total. The second-order valence-electron chi connectivity index (χ2n) is 5.06. The van der Waals surface area contributed by atoms with Crippen LogP contribution < -0.4 is 5.32 Å². The Hall–Kier alpha value is -0.290. The zero-order valence-corrected chi connectivity index (χ0v) is 12.4. The second-order valence-corrected chi connectivity index (χ2v) is 5.06. The molecule has 1 aliphatic rings. The summed E-state index contributed by atoms with van der Waals surface area (Å²) in [6.45, 7) is 6.81. The van der Waals surface area contributed by atoms with Gasteiger partial charge in [0.1, 0.15) is 0 Å². The summed E-state index contributed by atoms with van der Waals surface area (Å²) in [6, 6.07) is 0. The van der Waals surface area contributed by atoms with Crippen LogP contribution in [0.2, 0.25) is 0 Å². The normalized spacial score (nSPS) is 15.5. The molecule has 0 aliphatic carbocycles. The lowest BCUT2D eigenvalue weighted by molar-refractivity contribution is -0.146. The number of alkyl halides is 3. The highest BCUT2D eigenvalue weighted by atomic mass is 19.4. The summed E-state index contributed by atoms with van der Waals surface area (Å²) in [5.74, 6) is 0. The molecule has 1 heterocycles. The van der Waals surface area contributed by atoms with E-state index in [-0.39, 0.29) is 0 Å². The highest BCUT2D eigenvalue weighted by molar-refractivity contribution is 4.62. The van der Waals surface area contributed by atoms with Crippen LogP contribution in [0.25, 0.3) is 0 Å². The van der Waals surface area contributed by atoms with Crippen LogP contribution in [0.1, 0.15) is 52.4 Å². The lowest BCUT2D eigenvalue weighted by Crippen LogP contribution is -2.35. The van der Waals surface area contributed by atoms with E-state index in [1.165, 1.54) is 30.8 Å². The first-order valence-electron chi connectivity index (χ1n) is 7.49. The molecule has 116 valence electrons. The van der Waals surface area contributed by atoms with E-state index in [9.17, 15) is 13.2 Å². The third-order valence-electron chi connectivity index (χ3n) is 2.98. The van der Waals surface area contributed by atoms with E-state index >= 15 is 0 Å². The van der Waals surface area contributed by atoms with Crippen molar-refractivity contribution in [3.8, 4) is 0 Å². The second kappa shape index (κ2) is 11.5. The van der Waals surface area contributed by atoms with Crippen molar-refractivity contribution < 1.29 is 13.2 Å². The highest BCUT2D eigenvalue weighted by Crippen LogP contribution is 2.17. The van der Waals surface area contributed by atoms with E-state index in [0.29, 0.717) is 13.1 Å². The summed E-state index contributed by atoms with van der Waals surface area (Å²) < 4.78 is 36.3. The molecule has 0 aromatic rings. The lowest BCUT2D eigenvalue weighted by atomic mass is 10.2. The average molecular weight is 282 g/mol. The molecule has 0 bridgehead atoms. The fourth-order valence-corrected chi connectivity index (χ4v) is 2.05. The van der Waals surface area contributed by atoms with Gasteiger partial charge in [-0.15, -0.1) is 0 Å². The molecule has 0 saturated carbocycles. The van der Waals surface area contributed by atoms with Gasteiger partial charge in [0.2, 0.25) is 0 Å². The molecule has 0 amide bonds. The molecule has 0 atom stereocenters. The fourth-order valence-electron chi connectivity index (χ4n) is 2.05. The molecule has 1 fully saturated rings. The van der Waals surface area contributed by atoms with Crippen molar-refractivity contribution in [1.29, 1.82) is 0 Å². The number of halogens is 3. The van der Waals surface area contributed by atoms with Gasteiger partial charge in [-0.25, -0.2) is 0 Å². The molecule has 1 aliphatic heterocycles. The number of hydrogen-bond acceptors (Lipinski definition) is 2. The molecular formula is C14H29F3N2. The van der Waals surface area contributed by atoms with Crippen LogP contribution in [-0.2, 0) is 0 Å². The maximum atomic E-state index is 12.1. The molecule has 1 rings (SSSR count). The van der Waals surface area contributed by atoms with Crippen molar-refractivity contribution in [2.75, 3.05) is 32.7 Å². The van der Waals surface area contributed by atoms with Crippen molar-refractivity contribution in [1.82, 2.24) is 10.2 Å². The lowest BCUT2D eigenvalue weighted by Gasteiger charge is -2.22. The Morgan fingerprint density at radius 3 is 1.95 bits per heavy atom. The van der Waals surface area contributed by atoms with Crippen LogP contribution >= 0.6 is 0 Å². The minimum atomic E-state index is -4.05. The minimum absolute atomic E-state index is 0.545. The van der Waals surface area contributed by atoms with Crippen molar-refractivity contribution >= 4 is 0 Å². The Bertz CT molecular complexity index is 184. The SMILES string of the molecule is C1CCNC1.CCCCCN(CCC)CC(F)(F)F. The predicted octanol–water partition coefficient (Wildman–Crippen LogP) is 3.82. The topological polar surface area (TPSA) is 15.3 Å². The number of nitrogens with zero attached hydrogens (tertiary/aromatic N) is 1. The largest absolute Gasteiger partial charge is 0.401 e. The molecule has 0 radical (unpaired) electrons. The fraction of sp³-hybridized carbons (Fsp3) is 1.00. The third kappa shape index (κ3) is 13.9. The molecular weight excluding hydrogens is 253 g/mol. The van der Waals surface area contributed by atoms with Crippen LogP contribution in [0.15, 0.2) is 0 Å².